The maximum absolute atomic E-state index is 12.9. The van der Waals surface area contributed by atoms with Gasteiger partial charge in [-0.15, -0.1) is 0 Å². The Morgan fingerprint density at radius 2 is 1.83 bits per heavy atom. The van der Waals surface area contributed by atoms with Crippen LogP contribution in [0.3, 0.4) is 0 Å². The third-order valence-corrected chi connectivity index (χ3v) is 7.78. The monoisotopic (exact) mass is 501 g/mol. The van der Waals surface area contributed by atoms with Gasteiger partial charge in [0.2, 0.25) is 5.91 Å². The van der Waals surface area contributed by atoms with Crippen molar-refractivity contribution >= 4 is 29.2 Å². The Kier molecular flexibility index (Phi) is 7.07. The van der Waals surface area contributed by atoms with Crippen LogP contribution in [0.5, 0.6) is 0 Å². The van der Waals surface area contributed by atoms with E-state index in [2.05, 4.69) is 85.1 Å². The number of fused-ring (bicyclic) bond motifs is 2. The van der Waals surface area contributed by atoms with Crippen LogP contribution < -0.4 is 0 Å². The standard InChI is InChI=1S/C31H36ClN3O/c1-31(2,3)21-28(36)35-17-11-22(12-18-35)29-26-9-8-25(32)20-24(26)19-23(10-16-34-14-4-5-15-34)27-7-6-13-33-30(27)29/h4-9,13-15,19-20,22,29H,10-12,16-18,21H2,1-3H3. The van der Waals surface area contributed by atoms with E-state index in [4.69, 9.17) is 16.6 Å². The second kappa shape index (κ2) is 10.3. The molecule has 1 aliphatic heterocycles. The van der Waals surface area contributed by atoms with Gasteiger partial charge in [-0.25, -0.2) is 0 Å². The fourth-order valence-corrected chi connectivity index (χ4v) is 5.98. The molecule has 1 amide bonds. The van der Waals surface area contributed by atoms with Gasteiger partial charge in [0.15, 0.2) is 0 Å². The number of hydrogen-bond acceptors (Lipinski definition) is 2. The minimum Gasteiger partial charge on any atom is -0.354 e. The molecule has 188 valence electrons. The predicted molar refractivity (Wildman–Crippen MR) is 148 cm³/mol. The lowest BCUT2D eigenvalue weighted by Crippen LogP contribution is -2.41. The summed E-state index contributed by atoms with van der Waals surface area (Å²) in [5.41, 5.74) is 6.22. The van der Waals surface area contributed by atoms with E-state index in [1.807, 2.05) is 12.3 Å². The summed E-state index contributed by atoms with van der Waals surface area (Å²) in [6.45, 7) is 8.95. The molecule has 1 saturated heterocycles. The molecular formula is C31H36ClN3O. The molecule has 0 N–H and O–H groups in total. The molecule has 4 nitrogen and oxygen atoms in total. The van der Waals surface area contributed by atoms with Gasteiger partial charge in [-0.1, -0.05) is 50.6 Å². The summed E-state index contributed by atoms with van der Waals surface area (Å²) >= 11 is 6.49. The summed E-state index contributed by atoms with van der Waals surface area (Å²) in [6.07, 6.45) is 12.0. The van der Waals surface area contributed by atoms with Crippen LogP contribution in [-0.4, -0.2) is 33.4 Å². The molecule has 0 spiro atoms. The summed E-state index contributed by atoms with van der Waals surface area (Å²) in [7, 11) is 0. The van der Waals surface area contributed by atoms with E-state index in [9.17, 15) is 4.79 Å². The first kappa shape index (κ1) is 24.8. The topological polar surface area (TPSA) is 38.1 Å². The van der Waals surface area contributed by atoms with E-state index in [1.165, 1.54) is 22.3 Å². The van der Waals surface area contributed by atoms with Crippen LogP contribution in [0.2, 0.25) is 5.02 Å². The molecule has 1 aromatic carbocycles. The van der Waals surface area contributed by atoms with Crippen molar-refractivity contribution in [3.05, 3.63) is 88.5 Å². The van der Waals surface area contributed by atoms with Gasteiger partial charge in [0.1, 0.15) is 0 Å². The van der Waals surface area contributed by atoms with Crippen molar-refractivity contribution in [1.29, 1.82) is 0 Å². The van der Waals surface area contributed by atoms with Gasteiger partial charge in [0, 0.05) is 55.6 Å². The summed E-state index contributed by atoms with van der Waals surface area (Å²) in [4.78, 5) is 20.0. The number of rotatable bonds is 5. The van der Waals surface area contributed by atoms with Gasteiger partial charge < -0.3 is 9.47 Å². The van der Waals surface area contributed by atoms with E-state index in [1.54, 1.807) is 0 Å². The van der Waals surface area contributed by atoms with Crippen LogP contribution in [0, 0.1) is 11.3 Å². The van der Waals surface area contributed by atoms with Crippen LogP contribution in [0.4, 0.5) is 0 Å². The van der Waals surface area contributed by atoms with E-state index < -0.39 is 0 Å². The fourth-order valence-electron chi connectivity index (χ4n) is 5.80. The zero-order valence-electron chi connectivity index (χ0n) is 21.6. The summed E-state index contributed by atoms with van der Waals surface area (Å²) in [5, 5.41) is 0.759. The molecule has 1 aliphatic carbocycles. The third-order valence-electron chi connectivity index (χ3n) is 7.54. The van der Waals surface area contributed by atoms with Crippen molar-refractivity contribution < 1.29 is 4.79 Å². The molecular weight excluding hydrogens is 466 g/mol. The van der Waals surface area contributed by atoms with Gasteiger partial charge in [-0.05, 0) is 83.2 Å². The number of piperidine rings is 1. The Labute approximate surface area is 220 Å². The summed E-state index contributed by atoms with van der Waals surface area (Å²) < 4.78 is 2.22. The molecule has 1 fully saturated rings. The Morgan fingerprint density at radius 3 is 2.56 bits per heavy atom. The smallest absolute Gasteiger partial charge is 0.223 e. The van der Waals surface area contributed by atoms with E-state index >= 15 is 0 Å². The predicted octanol–water partition coefficient (Wildman–Crippen LogP) is 7.29. The molecule has 36 heavy (non-hydrogen) atoms. The number of likely N-dealkylation sites (tertiary alicyclic amines) is 1. The molecule has 2 aliphatic rings. The first-order chi connectivity index (χ1) is 17.3. The number of benzene rings is 1. The van der Waals surface area contributed by atoms with Crippen molar-refractivity contribution in [2.75, 3.05) is 13.1 Å². The highest BCUT2D eigenvalue weighted by Gasteiger charge is 2.35. The average molecular weight is 502 g/mol. The molecule has 1 atom stereocenters. The lowest BCUT2D eigenvalue weighted by atomic mass is 9.76. The third kappa shape index (κ3) is 5.44. The second-order valence-corrected chi connectivity index (χ2v) is 11.9. The fraction of sp³-hybridized carbons (Fsp3) is 0.419. The van der Waals surface area contributed by atoms with Crippen molar-refractivity contribution in [2.24, 2.45) is 11.3 Å². The number of pyridine rings is 1. The number of allylic oxidation sites excluding steroid dienone is 1. The molecule has 3 heterocycles. The zero-order valence-corrected chi connectivity index (χ0v) is 22.3. The van der Waals surface area contributed by atoms with E-state index in [0.29, 0.717) is 12.3 Å². The van der Waals surface area contributed by atoms with Crippen LogP contribution in [0.15, 0.2) is 61.1 Å². The molecule has 3 aromatic rings. The normalized spacial score (nSPS) is 18.3. The van der Waals surface area contributed by atoms with Crippen LogP contribution in [0.1, 0.15) is 74.8 Å². The highest BCUT2D eigenvalue weighted by Crippen LogP contribution is 2.45. The van der Waals surface area contributed by atoms with Crippen molar-refractivity contribution in [2.45, 2.75) is 58.9 Å². The lowest BCUT2D eigenvalue weighted by molar-refractivity contribution is -0.134. The summed E-state index contributed by atoms with van der Waals surface area (Å²) in [5.74, 6) is 0.893. The lowest BCUT2D eigenvalue weighted by Gasteiger charge is -2.37. The molecule has 2 aromatic heterocycles. The molecule has 0 saturated carbocycles. The Bertz CT molecular complexity index is 1250. The molecule has 5 heteroatoms. The van der Waals surface area contributed by atoms with E-state index in [-0.39, 0.29) is 17.2 Å². The van der Waals surface area contributed by atoms with Crippen LogP contribution >= 0.6 is 11.6 Å². The van der Waals surface area contributed by atoms with Gasteiger partial charge >= 0.3 is 0 Å². The molecule has 0 bridgehead atoms. The van der Waals surface area contributed by atoms with Gasteiger partial charge in [-0.3, -0.25) is 9.78 Å². The first-order valence-electron chi connectivity index (χ1n) is 13.1. The van der Waals surface area contributed by atoms with Gasteiger partial charge in [-0.2, -0.15) is 0 Å². The quantitative estimate of drug-likeness (QED) is 0.368. The zero-order chi connectivity index (χ0) is 25.3. The maximum Gasteiger partial charge on any atom is 0.223 e. The highest BCUT2D eigenvalue weighted by molar-refractivity contribution is 6.30. The number of nitrogens with zero attached hydrogens (tertiary/aromatic N) is 3. The largest absolute Gasteiger partial charge is 0.354 e. The number of hydrogen-bond donors (Lipinski definition) is 0. The number of aryl methyl sites for hydroxylation is 1. The number of carbonyl (C=O) groups is 1. The minimum absolute atomic E-state index is 0.0129. The molecule has 1 unspecified atom stereocenters. The van der Waals surface area contributed by atoms with Crippen molar-refractivity contribution in [3.63, 3.8) is 0 Å². The maximum atomic E-state index is 12.9. The van der Waals surface area contributed by atoms with Gasteiger partial charge in [0.05, 0.1) is 5.69 Å². The molecule has 0 radical (unpaired) electrons. The SMILES string of the molecule is CC(C)(C)CC(=O)N1CCC(C2c3ccc(Cl)cc3C=C(CCn3cccc3)c3cccnc32)CC1. The highest BCUT2D eigenvalue weighted by atomic mass is 35.5. The van der Waals surface area contributed by atoms with Crippen LogP contribution in [0.25, 0.3) is 11.6 Å². The first-order valence-corrected chi connectivity index (χ1v) is 13.5. The molecule has 5 rings (SSSR count). The second-order valence-electron chi connectivity index (χ2n) is 11.5. The number of halogens is 1. The van der Waals surface area contributed by atoms with Crippen molar-refractivity contribution in [3.8, 4) is 0 Å². The number of aromatic nitrogens is 2. The Balaban J connectivity index is 1.46. The summed E-state index contributed by atoms with van der Waals surface area (Å²) in [6, 6.07) is 14.7. The van der Waals surface area contributed by atoms with Gasteiger partial charge in [0.25, 0.3) is 0 Å². The van der Waals surface area contributed by atoms with E-state index in [0.717, 1.165) is 49.6 Å². The Morgan fingerprint density at radius 1 is 1.08 bits per heavy atom. The number of amides is 1. The Hall–Kier alpha value is -2.85. The average Bonchev–Trinajstić information content (AvgIpc) is 3.32. The van der Waals surface area contributed by atoms with Crippen molar-refractivity contribution in [1.82, 2.24) is 14.5 Å². The number of carbonyl (C=O) groups excluding carboxylic acids is 1. The van der Waals surface area contributed by atoms with Crippen LogP contribution in [-0.2, 0) is 11.3 Å². The minimum atomic E-state index is 0.0129.